The summed E-state index contributed by atoms with van der Waals surface area (Å²) >= 11 is 0. The first-order chi connectivity index (χ1) is 7.86. The van der Waals surface area contributed by atoms with Gasteiger partial charge in [-0.3, -0.25) is 0 Å². The zero-order chi connectivity index (χ0) is 11.4. The van der Waals surface area contributed by atoms with Crippen molar-refractivity contribution in [2.75, 3.05) is 6.61 Å². The van der Waals surface area contributed by atoms with Gasteiger partial charge in [0.15, 0.2) is 0 Å². The van der Waals surface area contributed by atoms with Crippen LogP contribution in [-0.2, 0) is 5.11 Å². The second-order valence-corrected chi connectivity index (χ2v) is 4.17. The molecule has 1 unspecified atom stereocenters. The SMILES string of the molecule is CCC(CC[O])c1cccc2ccccc12. The third kappa shape index (κ3) is 2.10. The lowest BCUT2D eigenvalue weighted by Crippen LogP contribution is -2.00. The normalized spacial score (nSPS) is 12.9. The van der Waals surface area contributed by atoms with Crippen LogP contribution >= 0.6 is 0 Å². The molecule has 0 amide bonds. The second kappa shape index (κ2) is 5.13. The lowest BCUT2D eigenvalue weighted by molar-refractivity contribution is 0.180. The highest BCUT2D eigenvalue weighted by Crippen LogP contribution is 2.29. The van der Waals surface area contributed by atoms with Crippen LogP contribution in [0.15, 0.2) is 42.5 Å². The molecule has 2 rings (SSSR count). The molecule has 0 saturated carbocycles. The van der Waals surface area contributed by atoms with Crippen LogP contribution in [0.5, 0.6) is 0 Å². The molecule has 16 heavy (non-hydrogen) atoms. The number of hydrogen-bond donors (Lipinski definition) is 0. The van der Waals surface area contributed by atoms with Crippen LogP contribution in [-0.4, -0.2) is 6.61 Å². The Hall–Kier alpha value is -1.34. The highest BCUT2D eigenvalue weighted by Gasteiger charge is 2.11. The van der Waals surface area contributed by atoms with Crippen LogP contribution in [0.3, 0.4) is 0 Å². The quantitative estimate of drug-likeness (QED) is 0.727. The van der Waals surface area contributed by atoms with Crippen LogP contribution in [0, 0.1) is 0 Å². The summed E-state index contributed by atoms with van der Waals surface area (Å²) in [4.78, 5) is 0. The average molecular weight is 213 g/mol. The van der Waals surface area contributed by atoms with E-state index < -0.39 is 0 Å². The van der Waals surface area contributed by atoms with Crippen LogP contribution in [0.4, 0.5) is 0 Å². The molecular formula is C15H17O. The molecule has 0 heterocycles. The number of hydrogen-bond acceptors (Lipinski definition) is 0. The van der Waals surface area contributed by atoms with Gasteiger partial charge >= 0.3 is 0 Å². The summed E-state index contributed by atoms with van der Waals surface area (Å²) in [7, 11) is 0. The fourth-order valence-electron chi connectivity index (χ4n) is 2.33. The fourth-order valence-corrected chi connectivity index (χ4v) is 2.33. The highest BCUT2D eigenvalue weighted by atomic mass is 16.3. The lowest BCUT2D eigenvalue weighted by atomic mass is 9.89. The van der Waals surface area contributed by atoms with E-state index in [1.54, 1.807) is 0 Å². The van der Waals surface area contributed by atoms with E-state index in [2.05, 4.69) is 49.4 Å². The molecule has 83 valence electrons. The van der Waals surface area contributed by atoms with E-state index in [4.69, 9.17) is 0 Å². The van der Waals surface area contributed by atoms with E-state index in [-0.39, 0.29) is 6.61 Å². The Kier molecular flexibility index (Phi) is 3.58. The van der Waals surface area contributed by atoms with Gasteiger partial charge in [-0.05, 0) is 35.1 Å². The van der Waals surface area contributed by atoms with Crippen LogP contribution in [0.25, 0.3) is 10.8 Å². The summed E-state index contributed by atoms with van der Waals surface area (Å²) < 4.78 is 0. The highest BCUT2D eigenvalue weighted by molar-refractivity contribution is 5.86. The molecule has 1 atom stereocenters. The Bertz CT molecular complexity index is 456. The molecule has 2 aromatic carbocycles. The van der Waals surface area contributed by atoms with Gasteiger partial charge in [-0.15, -0.1) is 0 Å². The molecule has 0 aliphatic heterocycles. The predicted molar refractivity (Wildman–Crippen MR) is 67.2 cm³/mol. The van der Waals surface area contributed by atoms with Crippen LogP contribution in [0.1, 0.15) is 31.2 Å². The Morgan fingerprint density at radius 1 is 1.06 bits per heavy atom. The maximum absolute atomic E-state index is 10.8. The second-order valence-electron chi connectivity index (χ2n) is 4.17. The average Bonchev–Trinajstić information content (AvgIpc) is 2.35. The van der Waals surface area contributed by atoms with Crippen molar-refractivity contribution in [2.24, 2.45) is 0 Å². The summed E-state index contributed by atoms with van der Waals surface area (Å²) in [5, 5.41) is 13.4. The minimum atomic E-state index is 0.0156. The van der Waals surface area contributed by atoms with Gasteiger partial charge in [-0.25, -0.2) is 5.11 Å². The molecule has 0 aliphatic rings. The summed E-state index contributed by atoms with van der Waals surface area (Å²) in [6, 6.07) is 14.8. The third-order valence-corrected chi connectivity index (χ3v) is 3.22. The first-order valence-electron chi connectivity index (χ1n) is 5.92. The zero-order valence-electron chi connectivity index (χ0n) is 9.65. The van der Waals surface area contributed by atoms with Gasteiger partial charge in [0.2, 0.25) is 0 Å². The maximum atomic E-state index is 10.8. The molecule has 0 saturated heterocycles. The molecule has 0 fully saturated rings. The molecule has 2 aromatic rings. The zero-order valence-corrected chi connectivity index (χ0v) is 9.65. The van der Waals surface area contributed by atoms with Gasteiger partial charge < -0.3 is 0 Å². The number of benzene rings is 2. The van der Waals surface area contributed by atoms with Crippen molar-refractivity contribution >= 4 is 10.8 Å². The third-order valence-electron chi connectivity index (χ3n) is 3.22. The van der Waals surface area contributed by atoms with E-state index in [1.165, 1.54) is 16.3 Å². The van der Waals surface area contributed by atoms with E-state index in [0.29, 0.717) is 5.92 Å². The molecule has 1 nitrogen and oxygen atoms in total. The van der Waals surface area contributed by atoms with Gasteiger partial charge in [0.05, 0.1) is 6.61 Å². The van der Waals surface area contributed by atoms with E-state index in [9.17, 15) is 5.11 Å². The van der Waals surface area contributed by atoms with Crippen molar-refractivity contribution in [3.63, 3.8) is 0 Å². The Balaban J connectivity index is 2.50. The largest absolute Gasteiger partial charge is 0.237 e. The monoisotopic (exact) mass is 213 g/mol. The van der Waals surface area contributed by atoms with Crippen LogP contribution in [0.2, 0.25) is 0 Å². The van der Waals surface area contributed by atoms with Gasteiger partial charge in [-0.1, -0.05) is 49.4 Å². The van der Waals surface area contributed by atoms with Gasteiger partial charge in [0.25, 0.3) is 0 Å². The van der Waals surface area contributed by atoms with E-state index in [0.717, 1.165) is 12.8 Å². The fraction of sp³-hybridized carbons (Fsp3) is 0.333. The molecule has 0 N–H and O–H groups in total. The first-order valence-corrected chi connectivity index (χ1v) is 5.92. The molecule has 1 heteroatoms. The maximum Gasteiger partial charge on any atom is 0.0828 e. The molecule has 0 spiro atoms. The van der Waals surface area contributed by atoms with Gasteiger partial charge in [0, 0.05) is 0 Å². The lowest BCUT2D eigenvalue weighted by Gasteiger charge is -2.16. The molecular weight excluding hydrogens is 196 g/mol. The smallest absolute Gasteiger partial charge is 0.0828 e. The van der Waals surface area contributed by atoms with E-state index >= 15 is 0 Å². The molecule has 0 bridgehead atoms. The summed E-state index contributed by atoms with van der Waals surface area (Å²) in [6.45, 7) is 2.17. The summed E-state index contributed by atoms with van der Waals surface area (Å²) in [5.74, 6) is 0.406. The molecule has 0 aliphatic carbocycles. The first kappa shape index (κ1) is 11.2. The predicted octanol–water partition coefficient (Wildman–Crippen LogP) is 4.15. The van der Waals surface area contributed by atoms with Crippen molar-refractivity contribution in [3.8, 4) is 0 Å². The van der Waals surface area contributed by atoms with Crippen molar-refractivity contribution in [3.05, 3.63) is 48.0 Å². The number of rotatable bonds is 4. The molecule has 1 radical (unpaired) electrons. The Labute approximate surface area is 96.7 Å². The van der Waals surface area contributed by atoms with E-state index in [1.807, 2.05) is 0 Å². The van der Waals surface area contributed by atoms with Crippen molar-refractivity contribution in [1.29, 1.82) is 0 Å². The minimum Gasteiger partial charge on any atom is -0.237 e. The Morgan fingerprint density at radius 2 is 1.81 bits per heavy atom. The number of fused-ring (bicyclic) bond motifs is 1. The van der Waals surface area contributed by atoms with Crippen LogP contribution < -0.4 is 0 Å². The summed E-state index contributed by atoms with van der Waals surface area (Å²) in [5.41, 5.74) is 1.33. The van der Waals surface area contributed by atoms with Gasteiger partial charge in [0.1, 0.15) is 0 Å². The van der Waals surface area contributed by atoms with Crippen molar-refractivity contribution in [2.45, 2.75) is 25.7 Å². The Morgan fingerprint density at radius 3 is 2.56 bits per heavy atom. The molecule has 0 aromatic heterocycles. The van der Waals surface area contributed by atoms with Gasteiger partial charge in [-0.2, -0.15) is 0 Å². The van der Waals surface area contributed by atoms with Crippen molar-refractivity contribution < 1.29 is 5.11 Å². The summed E-state index contributed by atoms with van der Waals surface area (Å²) in [6.07, 6.45) is 1.78. The standard InChI is InChI=1S/C15H17O/c1-2-12(10-11-16)14-9-5-7-13-6-3-4-8-15(13)14/h3-9,12H,2,10-11H2,1H3. The topological polar surface area (TPSA) is 19.9 Å². The minimum absolute atomic E-state index is 0.0156. The van der Waals surface area contributed by atoms with Crippen molar-refractivity contribution in [1.82, 2.24) is 0 Å².